The fourth-order valence-electron chi connectivity index (χ4n) is 2.35. The molecule has 1 fully saturated rings. The topological polar surface area (TPSA) is 20.2 Å². The Morgan fingerprint density at radius 3 is 2.36 bits per heavy atom. The van der Waals surface area contributed by atoms with Crippen LogP contribution >= 0.6 is 0 Å². The minimum Gasteiger partial charge on any atom is -0.393 e. The molecule has 1 rings (SSSR count). The monoisotopic (exact) mass is 156 g/mol. The molecule has 4 unspecified atom stereocenters. The number of aliphatic hydroxyl groups excluding tert-OH is 1. The van der Waals surface area contributed by atoms with Gasteiger partial charge in [0.2, 0.25) is 0 Å². The van der Waals surface area contributed by atoms with Crippen LogP contribution in [0.4, 0.5) is 0 Å². The molecule has 0 saturated heterocycles. The normalized spacial score (nSPS) is 38.7. The standard InChI is InChI=1S/C10H20O/c1-4-6-9(11)10-7(3)8(10)5-2/h7-11H,4-6H2,1-3H3. The fourth-order valence-corrected chi connectivity index (χ4v) is 2.35. The highest BCUT2D eigenvalue weighted by Crippen LogP contribution is 2.50. The molecule has 0 spiro atoms. The average Bonchev–Trinajstić information content (AvgIpc) is 2.61. The second-order valence-corrected chi connectivity index (χ2v) is 3.86. The van der Waals surface area contributed by atoms with Crippen molar-refractivity contribution in [1.29, 1.82) is 0 Å². The third kappa shape index (κ3) is 1.76. The molecule has 0 aliphatic heterocycles. The SMILES string of the molecule is CCCC(O)C1C(C)C1CC. The van der Waals surface area contributed by atoms with Crippen LogP contribution in [-0.4, -0.2) is 11.2 Å². The highest BCUT2D eigenvalue weighted by Gasteiger charge is 2.48. The lowest BCUT2D eigenvalue weighted by Crippen LogP contribution is -2.10. The van der Waals surface area contributed by atoms with E-state index in [0.717, 1.165) is 24.7 Å². The quantitative estimate of drug-likeness (QED) is 0.663. The van der Waals surface area contributed by atoms with E-state index in [9.17, 15) is 5.11 Å². The first-order valence-corrected chi connectivity index (χ1v) is 4.90. The van der Waals surface area contributed by atoms with Crippen molar-refractivity contribution in [2.75, 3.05) is 0 Å². The predicted molar refractivity (Wildman–Crippen MR) is 47.3 cm³/mol. The Hall–Kier alpha value is -0.0400. The molecule has 1 nitrogen and oxygen atoms in total. The van der Waals surface area contributed by atoms with Crippen LogP contribution < -0.4 is 0 Å². The van der Waals surface area contributed by atoms with Gasteiger partial charge in [-0.3, -0.25) is 0 Å². The Balaban J connectivity index is 2.27. The van der Waals surface area contributed by atoms with E-state index in [1.54, 1.807) is 0 Å². The maximum Gasteiger partial charge on any atom is 0.0573 e. The maximum absolute atomic E-state index is 9.66. The van der Waals surface area contributed by atoms with Crippen LogP contribution in [0.2, 0.25) is 0 Å². The van der Waals surface area contributed by atoms with Gasteiger partial charge in [0.1, 0.15) is 0 Å². The van der Waals surface area contributed by atoms with Crippen molar-refractivity contribution in [1.82, 2.24) is 0 Å². The van der Waals surface area contributed by atoms with Gasteiger partial charge in [0.15, 0.2) is 0 Å². The van der Waals surface area contributed by atoms with E-state index in [4.69, 9.17) is 0 Å². The van der Waals surface area contributed by atoms with Crippen molar-refractivity contribution in [3.63, 3.8) is 0 Å². The Bertz CT molecular complexity index is 122. The summed E-state index contributed by atoms with van der Waals surface area (Å²) in [6.45, 7) is 6.62. The van der Waals surface area contributed by atoms with Crippen LogP contribution in [-0.2, 0) is 0 Å². The van der Waals surface area contributed by atoms with Crippen LogP contribution in [0.3, 0.4) is 0 Å². The van der Waals surface area contributed by atoms with Gasteiger partial charge in [-0.1, -0.05) is 33.6 Å². The largest absolute Gasteiger partial charge is 0.393 e. The van der Waals surface area contributed by atoms with Crippen LogP contribution in [0.1, 0.15) is 40.0 Å². The summed E-state index contributed by atoms with van der Waals surface area (Å²) in [5, 5.41) is 9.66. The van der Waals surface area contributed by atoms with Gasteiger partial charge in [-0.25, -0.2) is 0 Å². The lowest BCUT2D eigenvalue weighted by molar-refractivity contribution is 0.130. The molecule has 1 saturated carbocycles. The van der Waals surface area contributed by atoms with Gasteiger partial charge in [-0.05, 0) is 24.2 Å². The Morgan fingerprint density at radius 1 is 1.36 bits per heavy atom. The first-order chi connectivity index (χ1) is 5.22. The van der Waals surface area contributed by atoms with E-state index in [-0.39, 0.29) is 6.10 Å². The minimum absolute atomic E-state index is 0.0139. The lowest BCUT2D eigenvalue weighted by Gasteiger charge is -2.07. The van der Waals surface area contributed by atoms with E-state index < -0.39 is 0 Å². The molecule has 66 valence electrons. The van der Waals surface area contributed by atoms with Gasteiger partial charge >= 0.3 is 0 Å². The summed E-state index contributed by atoms with van der Waals surface area (Å²) >= 11 is 0. The van der Waals surface area contributed by atoms with Crippen LogP contribution in [0, 0.1) is 17.8 Å². The van der Waals surface area contributed by atoms with Gasteiger partial charge in [-0.2, -0.15) is 0 Å². The molecule has 0 amide bonds. The zero-order valence-corrected chi connectivity index (χ0v) is 7.88. The third-order valence-electron chi connectivity index (χ3n) is 3.14. The first-order valence-electron chi connectivity index (χ1n) is 4.90. The molecule has 0 bridgehead atoms. The fraction of sp³-hybridized carbons (Fsp3) is 1.00. The highest BCUT2D eigenvalue weighted by atomic mass is 16.3. The zero-order chi connectivity index (χ0) is 8.43. The summed E-state index contributed by atoms with van der Waals surface area (Å²) in [6.07, 6.45) is 3.33. The van der Waals surface area contributed by atoms with Crippen molar-refractivity contribution >= 4 is 0 Å². The lowest BCUT2D eigenvalue weighted by atomic mass is 10.1. The van der Waals surface area contributed by atoms with Crippen molar-refractivity contribution in [3.8, 4) is 0 Å². The van der Waals surface area contributed by atoms with E-state index in [1.165, 1.54) is 6.42 Å². The van der Waals surface area contributed by atoms with Gasteiger partial charge in [0.05, 0.1) is 6.10 Å². The molecule has 1 heteroatoms. The molecule has 0 aromatic carbocycles. The molecule has 1 aliphatic carbocycles. The van der Waals surface area contributed by atoms with Crippen molar-refractivity contribution < 1.29 is 5.11 Å². The number of aliphatic hydroxyl groups is 1. The van der Waals surface area contributed by atoms with Crippen molar-refractivity contribution in [2.24, 2.45) is 17.8 Å². The van der Waals surface area contributed by atoms with Gasteiger partial charge in [-0.15, -0.1) is 0 Å². The summed E-state index contributed by atoms with van der Waals surface area (Å²) in [5.74, 6) is 2.22. The van der Waals surface area contributed by atoms with Crippen LogP contribution in [0.5, 0.6) is 0 Å². The molecule has 1 N–H and O–H groups in total. The maximum atomic E-state index is 9.66. The van der Waals surface area contributed by atoms with E-state index >= 15 is 0 Å². The smallest absolute Gasteiger partial charge is 0.0573 e. The summed E-state index contributed by atoms with van der Waals surface area (Å²) < 4.78 is 0. The van der Waals surface area contributed by atoms with Crippen LogP contribution in [0.15, 0.2) is 0 Å². The molecule has 1 aliphatic rings. The number of hydrogen-bond acceptors (Lipinski definition) is 1. The summed E-state index contributed by atoms with van der Waals surface area (Å²) in [4.78, 5) is 0. The van der Waals surface area contributed by atoms with Gasteiger partial charge in [0, 0.05) is 0 Å². The van der Waals surface area contributed by atoms with Crippen molar-refractivity contribution in [2.45, 2.75) is 46.1 Å². The molecule has 11 heavy (non-hydrogen) atoms. The molecule has 0 heterocycles. The summed E-state index contributed by atoms with van der Waals surface area (Å²) in [5.41, 5.74) is 0. The molecule has 0 aromatic heterocycles. The Labute approximate surface area is 69.8 Å². The Morgan fingerprint density at radius 2 is 2.00 bits per heavy atom. The molecule has 4 atom stereocenters. The van der Waals surface area contributed by atoms with Crippen molar-refractivity contribution in [3.05, 3.63) is 0 Å². The van der Waals surface area contributed by atoms with E-state index in [0.29, 0.717) is 5.92 Å². The second kappa shape index (κ2) is 3.57. The van der Waals surface area contributed by atoms with E-state index in [2.05, 4.69) is 20.8 Å². The van der Waals surface area contributed by atoms with Gasteiger partial charge < -0.3 is 5.11 Å². The minimum atomic E-state index is -0.0139. The third-order valence-corrected chi connectivity index (χ3v) is 3.14. The summed E-state index contributed by atoms with van der Waals surface area (Å²) in [6, 6.07) is 0. The Kier molecular flexibility index (Phi) is 2.94. The predicted octanol–water partition coefficient (Wildman–Crippen LogP) is 2.44. The first kappa shape index (κ1) is 9.05. The van der Waals surface area contributed by atoms with Gasteiger partial charge in [0.25, 0.3) is 0 Å². The molecule has 0 radical (unpaired) electrons. The number of rotatable bonds is 4. The molecular formula is C10H20O. The highest BCUT2D eigenvalue weighted by molar-refractivity contribution is 4.96. The average molecular weight is 156 g/mol. The summed E-state index contributed by atoms with van der Waals surface area (Å²) in [7, 11) is 0. The number of hydrogen-bond donors (Lipinski definition) is 1. The van der Waals surface area contributed by atoms with E-state index in [1.807, 2.05) is 0 Å². The molecule has 0 aromatic rings. The van der Waals surface area contributed by atoms with Crippen LogP contribution in [0.25, 0.3) is 0 Å². The second-order valence-electron chi connectivity index (χ2n) is 3.86. The zero-order valence-electron chi connectivity index (χ0n) is 7.88. The molecular weight excluding hydrogens is 136 g/mol.